The molecule has 0 unspecified atom stereocenters. The van der Waals surface area contributed by atoms with Gasteiger partial charge < -0.3 is 19.3 Å². The Hall–Kier alpha value is -3.68. The number of carbonyl (C=O) groups is 2. The zero-order valence-corrected chi connectivity index (χ0v) is 25.9. The lowest BCUT2D eigenvalue weighted by atomic mass is 9.78. The van der Waals surface area contributed by atoms with Crippen LogP contribution in [0.1, 0.15) is 76.0 Å². The van der Waals surface area contributed by atoms with Gasteiger partial charge >= 0.3 is 5.97 Å². The Morgan fingerprint density at radius 3 is 2.30 bits per heavy atom. The molecule has 3 fully saturated rings. The van der Waals surface area contributed by atoms with Gasteiger partial charge in [-0.15, -0.1) is 0 Å². The summed E-state index contributed by atoms with van der Waals surface area (Å²) in [6, 6.07) is 8.09. The summed E-state index contributed by atoms with van der Waals surface area (Å²) in [6.45, 7) is 5.02. The quantitative estimate of drug-likeness (QED) is 0.184. The second-order valence-electron chi connectivity index (χ2n) is 12.8. The Labute approximate surface area is 255 Å². The molecular weight excluding hydrogens is 540 g/mol. The topological polar surface area (TPSA) is 99.2 Å². The van der Waals surface area contributed by atoms with E-state index in [9.17, 15) is 14.7 Å². The molecule has 5 rings (SSSR count). The van der Waals surface area contributed by atoms with Crippen LogP contribution in [0.2, 0.25) is 0 Å². The number of hydrogen-bond acceptors (Lipinski definition) is 5. The van der Waals surface area contributed by atoms with E-state index in [1.807, 2.05) is 48.2 Å². The molecule has 1 amide bonds. The first-order valence-corrected chi connectivity index (χ1v) is 15.8. The summed E-state index contributed by atoms with van der Waals surface area (Å²) in [7, 11) is 5.77. The number of carboxylic acids is 1. The van der Waals surface area contributed by atoms with Crippen molar-refractivity contribution in [2.45, 2.75) is 70.1 Å². The average molecular weight is 587 g/mol. The van der Waals surface area contributed by atoms with Crippen molar-refractivity contribution in [3.05, 3.63) is 60.7 Å². The Kier molecular flexibility index (Phi) is 9.83. The van der Waals surface area contributed by atoms with Crippen molar-refractivity contribution in [1.29, 1.82) is 0 Å². The van der Waals surface area contributed by atoms with Gasteiger partial charge in [-0.25, -0.2) is 4.98 Å². The summed E-state index contributed by atoms with van der Waals surface area (Å²) in [4.78, 5) is 38.7. The first kappa shape index (κ1) is 30.8. The lowest BCUT2D eigenvalue weighted by Crippen LogP contribution is -2.42. The van der Waals surface area contributed by atoms with Crippen LogP contribution in [0.15, 0.2) is 64.2 Å². The molecule has 0 bridgehead atoms. The van der Waals surface area contributed by atoms with Crippen molar-refractivity contribution in [3.8, 4) is 11.3 Å². The lowest BCUT2D eigenvalue weighted by molar-refractivity contribution is -0.144. The molecule has 0 spiro atoms. The normalized spacial score (nSPS) is 24.6. The van der Waals surface area contributed by atoms with Crippen LogP contribution in [0.3, 0.4) is 0 Å². The highest BCUT2D eigenvalue weighted by Crippen LogP contribution is 2.41. The fraction of sp³-hybridized carbons (Fsp3) is 0.543. The third-order valence-corrected chi connectivity index (χ3v) is 9.54. The fourth-order valence-corrected chi connectivity index (χ4v) is 6.62. The number of aliphatic imine (C=N–C) groups is 1. The second-order valence-corrected chi connectivity index (χ2v) is 12.8. The molecule has 43 heavy (non-hydrogen) atoms. The first-order valence-electron chi connectivity index (χ1n) is 15.8. The molecule has 0 saturated heterocycles. The number of hydrogen-bond donors (Lipinski definition) is 1. The molecule has 3 aliphatic carbocycles. The van der Waals surface area contributed by atoms with Crippen LogP contribution in [0.5, 0.6) is 0 Å². The molecule has 3 saturated carbocycles. The maximum atomic E-state index is 14.1. The monoisotopic (exact) mass is 586 g/mol. The number of carboxylic acid groups (broad SMARTS) is 1. The van der Waals surface area contributed by atoms with Crippen molar-refractivity contribution in [3.63, 3.8) is 0 Å². The third kappa shape index (κ3) is 7.64. The number of aliphatic carboxylic acids is 1. The molecule has 230 valence electrons. The molecule has 3 aliphatic rings. The van der Waals surface area contributed by atoms with Crippen LogP contribution in [0.4, 0.5) is 5.69 Å². The van der Waals surface area contributed by atoms with E-state index >= 15 is 0 Å². The van der Waals surface area contributed by atoms with Gasteiger partial charge in [-0.1, -0.05) is 30.4 Å². The number of nitrogens with zero attached hydrogens (tertiary/aromatic N) is 4. The Morgan fingerprint density at radius 1 is 1.00 bits per heavy atom. The van der Waals surface area contributed by atoms with Crippen LogP contribution < -0.4 is 4.90 Å². The third-order valence-electron chi connectivity index (χ3n) is 9.54. The molecule has 1 aromatic carbocycles. The molecule has 1 aromatic heterocycles. The van der Waals surface area contributed by atoms with E-state index < -0.39 is 5.97 Å². The molecule has 2 aromatic rings. The summed E-state index contributed by atoms with van der Waals surface area (Å²) >= 11 is 0. The van der Waals surface area contributed by atoms with E-state index in [1.165, 1.54) is 0 Å². The van der Waals surface area contributed by atoms with Gasteiger partial charge in [0.05, 0.1) is 5.92 Å². The van der Waals surface area contributed by atoms with E-state index in [-0.39, 0.29) is 17.7 Å². The van der Waals surface area contributed by atoms with Gasteiger partial charge in [0.1, 0.15) is 17.8 Å². The van der Waals surface area contributed by atoms with Crippen molar-refractivity contribution < 1.29 is 19.1 Å². The highest BCUT2D eigenvalue weighted by atomic mass is 16.4. The number of likely N-dealkylation sites (N-methyl/N-ethyl adjacent to an activating group) is 1. The number of amidine groups is 1. The fourth-order valence-electron chi connectivity index (χ4n) is 6.62. The molecule has 0 aliphatic heterocycles. The Morgan fingerprint density at radius 2 is 1.67 bits per heavy atom. The molecule has 0 atom stereocenters. The maximum Gasteiger partial charge on any atom is 0.306 e. The minimum Gasteiger partial charge on any atom is -0.481 e. The van der Waals surface area contributed by atoms with Crippen LogP contribution in [-0.2, 0) is 9.59 Å². The highest BCUT2D eigenvalue weighted by molar-refractivity contribution is 5.96. The smallest absolute Gasteiger partial charge is 0.306 e. The zero-order valence-electron chi connectivity index (χ0n) is 25.9. The number of amides is 1. The van der Waals surface area contributed by atoms with Gasteiger partial charge in [0.25, 0.3) is 0 Å². The highest BCUT2D eigenvalue weighted by Gasteiger charge is 2.34. The van der Waals surface area contributed by atoms with Gasteiger partial charge in [0.2, 0.25) is 5.91 Å². The van der Waals surface area contributed by atoms with Crippen LogP contribution >= 0.6 is 0 Å². The van der Waals surface area contributed by atoms with E-state index in [2.05, 4.69) is 23.7 Å². The van der Waals surface area contributed by atoms with Gasteiger partial charge in [-0.2, -0.15) is 0 Å². The van der Waals surface area contributed by atoms with Gasteiger partial charge in [0.15, 0.2) is 5.89 Å². The number of carbonyl (C=O) groups excluding carboxylic acids is 1. The predicted molar refractivity (Wildman–Crippen MR) is 170 cm³/mol. The number of oxazole rings is 1. The van der Waals surface area contributed by atoms with Gasteiger partial charge in [0, 0.05) is 50.8 Å². The first-order chi connectivity index (χ1) is 20.7. The van der Waals surface area contributed by atoms with Crippen molar-refractivity contribution in [2.75, 3.05) is 32.6 Å². The van der Waals surface area contributed by atoms with E-state index in [4.69, 9.17) is 9.40 Å². The average Bonchev–Trinajstić information content (AvgIpc) is 3.75. The summed E-state index contributed by atoms with van der Waals surface area (Å²) < 4.78 is 5.75. The van der Waals surface area contributed by atoms with E-state index in [0.717, 1.165) is 72.8 Å². The van der Waals surface area contributed by atoms with Crippen LogP contribution in [-0.4, -0.2) is 60.4 Å². The van der Waals surface area contributed by atoms with Crippen molar-refractivity contribution >= 4 is 23.4 Å². The van der Waals surface area contributed by atoms with Crippen molar-refractivity contribution in [2.24, 2.45) is 28.7 Å². The number of aromatic nitrogens is 1. The molecule has 1 heterocycles. The molecule has 1 N–H and O–H groups in total. The number of rotatable bonds is 10. The van der Waals surface area contributed by atoms with E-state index in [1.54, 1.807) is 13.3 Å². The number of benzene rings is 1. The summed E-state index contributed by atoms with van der Waals surface area (Å²) in [6.07, 6.45) is 14.6. The number of allylic oxidation sites excluding steroid dienone is 2. The lowest BCUT2D eigenvalue weighted by Gasteiger charge is -2.36. The largest absolute Gasteiger partial charge is 0.481 e. The predicted octanol–water partition coefficient (Wildman–Crippen LogP) is 6.95. The maximum absolute atomic E-state index is 14.1. The molecule has 8 heteroatoms. The Balaban J connectivity index is 1.29. The van der Waals surface area contributed by atoms with Crippen LogP contribution in [0.25, 0.3) is 11.3 Å². The van der Waals surface area contributed by atoms with Crippen molar-refractivity contribution in [1.82, 2.24) is 9.88 Å². The SMILES string of the molecule is C=C(/C=C\C(=N/C)N(C)C)[C@H]1CC[C@H](CN(c2cccc(-c3coc(C4CC4)n3)c2)C(=O)[C@H]2CC[C@H](C(=O)O)CC2)CC1. The zero-order chi connectivity index (χ0) is 30.5. The van der Waals surface area contributed by atoms with E-state index in [0.29, 0.717) is 50.0 Å². The molecular formula is C35H46N4O4. The second kappa shape index (κ2) is 13.7. The standard InChI is InChI=1S/C35H46N4O4/c1-23(8-19-32(36-2)38(3)4)25-11-9-24(10-12-25)21-39(34(40)27-15-17-28(18-16-27)35(41)42)30-7-5-6-29(20-30)31-22-43-33(37-31)26-13-14-26/h5-8,19-20,22,24-28H,1,9-18,21H2,2-4H3,(H,41,42)/b19-8-,36-32+/t24-,25-,27-,28-. The summed E-state index contributed by atoms with van der Waals surface area (Å²) in [5.74, 6) is 1.84. The number of anilines is 1. The summed E-state index contributed by atoms with van der Waals surface area (Å²) in [5.41, 5.74) is 3.76. The van der Waals surface area contributed by atoms with Crippen LogP contribution in [0, 0.1) is 23.7 Å². The van der Waals surface area contributed by atoms with Gasteiger partial charge in [-0.05, 0) is 94.3 Å². The molecule has 0 radical (unpaired) electrons. The Bertz CT molecular complexity index is 1360. The minimum absolute atomic E-state index is 0.115. The van der Waals surface area contributed by atoms with Gasteiger partial charge in [-0.3, -0.25) is 14.6 Å². The minimum atomic E-state index is -0.748. The summed E-state index contributed by atoms with van der Waals surface area (Å²) in [5, 5.41) is 9.48. The molecule has 8 nitrogen and oxygen atoms in total.